The Labute approximate surface area is 214 Å². The highest BCUT2D eigenvalue weighted by molar-refractivity contribution is 7.11. The second kappa shape index (κ2) is 8.39. The first-order chi connectivity index (χ1) is 16.4. The smallest absolute Gasteiger partial charge is 0.405 e. The van der Waals surface area contributed by atoms with Crippen LogP contribution in [-0.4, -0.2) is 41.4 Å². The van der Waals surface area contributed by atoms with Gasteiger partial charge in [-0.05, 0) is 71.2 Å². The highest BCUT2D eigenvalue weighted by Crippen LogP contribution is 2.46. The van der Waals surface area contributed by atoms with Gasteiger partial charge in [-0.3, -0.25) is 0 Å². The molecule has 2 aliphatic heterocycles. The summed E-state index contributed by atoms with van der Waals surface area (Å²) >= 11 is 6.73. The second-order valence-corrected chi connectivity index (χ2v) is 11.7. The lowest BCUT2D eigenvalue weighted by Gasteiger charge is -2.36. The van der Waals surface area contributed by atoms with Crippen LogP contribution in [0.3, 0.4) is 0 Å². The Bertz CT molecular complexity index is 1250. The Balaban J connectivity index is 1.44. The number of halogens is 1. The van der Waals surface area contributed by atoms with Crippen LogP contribution >= 0.6 is 11.6 Å². The van der Waals surface area contributed by atoms with Crippen LogP contribution in [-0.2, 0) is 25.0 Å². The van der Waals surface area contributed by atoms with Crippen LogP contribution < -0.4 is 0 Å². The molecule has 5 rings (SSSR count). The Morgan fingerprint density at radius 2 is 1.43 bits per heavy atom. The third kappa shape index (κ3) is 4.06. The lowest BCUT2D eigenvalue weighted by molar-refractivity contribution is -0.0118. The van der Waals surface area contributed by atoms with Crippen LogP contribution in [0.5, 0.6) is 0 Å². The summed E-state index contributed by atoms with van der Waals surface area (Å²) in [5.41, 5.74) is 2.28. The number of rotatable bonds is 5. The van der Waals surface area contributed by atoms with E-state index in [0.29, 0.717) is 11.4 Å². The van der Waals surface area contributed by atoms with E-state index in [1.54, 1.807) is 0 Å². The number of hydrogen-bond donors (Lipinski definition) is 1. The van der Waals surface area contributed by atoms with E-state index in [-0.39, 0.29) is 0 Å². The summed E-state index contributed by atoms with van der Waals surface area (Å²) in [5, 5.41) is 1.79. The molecule has 0 spiro atoms. The number of nitrogens with one attached hydrogen (secondary N) is 1. The standard InChI is InChI=1S/C27H34B2ClNO4/c1-8-26(6)24(2,3)32-28(34-26)29-33-25(4,5)27(7,35-29)16-18-14-20-21(19-12-10-9-11-13-19)17-31-23(20)22(30)15-18/h9-15,17,31H,8,16H2,1-7H3. The van der Waals surface area contributed by atoms with Gasteiger partial charge in [-0.1, -0.05) is 48.9 Å². The molecule has 2 aliphatic rings. The molecular weight excluding hydrogens is 459 g/mol. The van der Waals surface area contributed by atoms with Gasteiger partial charge in [-0.15, -0.1) is 0 Å². The first-order valence-electron chi connectivity index (χ1n) is 12.4. The van der Waals surface area contributed by atoms with Crippen molar-refractivity contribution < 1.29 is 18.6 Å². The molecule has 3 heterocycles. The second-order valence-electron chi connectivity index (χ2n) is 11.3. The number of fused-ring (bicyclic) bond motifs is 1. The molecule has 1 N–H and O–H groups in total. The average Bonchev–Trinajstić information content (AvgIpc) is 3.39. The first kappa shape index (κ1) is 24.9. The molecule has 2 fully saturated rings. The molecule has 1 aromatic heterocycles. The molecule has 3 aromatic rings. The van der Waals surface area contributed by atoms with E-state index < -0.39 is 36.4 Å². The van der Waals surface area contributed by atoms with Crippen LogP contribution in [0.25, 0.3) is 22.0 Å². The number of benzene rings is 2. The zero-order valence-electron chi connectivity index (χ0n) is 21.7. The van der Waals surface area contributed by atoms with Gasteiger partial charge in [0.2, 0.25) is 0 Å². The van der Waals surface area contributed by atoms with Gasteiger partial charge in [0.25, 0.3) is 0 Å². The zero-order chi connectivity index (χ0) is 25.2. The van der Waals surface area contributed by atoms with Crippen LogP contribution in [0.2, 0.25) is 5.02 Å². The van der Waals surface area contributed by atoms with Crippen molar-refractivity contribution in [2.24, 2.45) is 0 Å². The topological polar surface area (TPSA) is 52.7 Å². The SMILES string of the molecule is CCC1(C)OB(B2OC(C)(C)C(C)(Cc3cc(Cl)c4[nH]cc(-c5ccccc5)c4c3)O2)OC1(C)C. The minimum atomic E-state index is -0.617. The average molecular weight is 494 g/mol. The fraction of sp³-hybridized carbons (Fsp3) is 0.481. The normalized spacial score (nSPS) is 27.8. The summed E-state index contributed by atoms with van der Waals surface area (Å²) in [6.07, 6.45) is 3.49. The van der Waals surface area contributed by atoms with Crippen molar-refractivity contribution in [2.75, 3.05) is 0 Å². The Hall–Kier alpha value is -1.76. The number of aromatic amines is 1. The van der Waals surface area contributed by atoms with Gasteiger partial charge in [0, 0.05) is 23.6 Å². The third-order valence-corrected chi connectivity index (χ3v) is 8.74. The summed E-state index contributed by atoms with van der Waals surface area (Å²) in [6.45, 7) is 14.6. The van der Waals surface area contributed by atoms with Crippen LogP contribution in [0, 0.1) is 0 Å². The van der Waals surface area contributed by atoms with Gasteiger partial charge >= 0.3 is 14.0 Å². The molecule has 0 radical (unpaired) electrons. The van der Waals surface area contributed by atoms with E-state index in [0.717, 1.165) is 34.0 Å². The highest BCUT2D eigenvalue weighted by atomic mass is 35.5. The summed E-state index contributed by atoms with van der Waals surface area (Å²) in [5.74, 6) is 0. The monoisotopic (exact) mass is 493 g/mol. The predicted molar refractivity (Wildman–Crippen MR) is 144 cm³/mol. The fourth-order valence-electron chi connectivity index (χ4n) is 5.25. The van der Waals surface area contributed by atoms with Crippen molar-refractivity contribution >= 4 is 36.5 Å². The summed E-state index contributed by atoms with van der Waals surface area (Å²) in [4.78, 5) is 3.35. The van der Waals surface area contributed by atoms with Gasteiger partial charge < -0.3 is 23.6 Å². The summed E-state index contributed by atoms with van der Waals surface area (Å²) in [7, 11) is -1.20. The molecule has 0 bridgehead atoms. The van der Waals surface area contributed by atoms with E-state index in [2.05, 4.69) is 71.6 Å². The van der Waals surface area contributed by atoms with Crippen LogP contribution in [0.15, 0.2) is 48.7 Å². The predicted octanol–water partition coefficient (Wildman–Crippen LogP) is 6.66. The van der Waals surface area contributed by atoms with Gasteiger partial charge in [-0.25, -0.2) is 0 Å². The van der Waals surface area contributed by atoms with Crippen molar-refractivity contribution in [3.63, 3.8) is 0 Å². The van der Waals surface area contributed by atoms with Crippen molar-refractivity contribution in [3.8, 4) is 11.1 Å². The lowest BCUT2D eigenvalue weighted by Crippen LogP contribution is -2.46. The van der Waals surface area contributed by atoms with Gasteiger partial charge in [0.15, 0.2) is 0 Å². The first-order valence-corrected chi connectivity index (χ1v) is 12.8. The van der Waals surface area contributed by atoms with Crippen LogP contribution in [0.4, 0.5) is 0 Å². The molecular formula is C27H34B2ClNO4. The minimum Gasteiger partial charge on any atom is -0.405 e. The Morgan fingerprint density at radius 3 is 2.03 bits per heavy atom. The molecule has 2 atom stereocenters. The molecule has 184 valence electrons. The van der Waals surface area contributed by atoms with Crippen LogP contribution in [0.1, 0.15) is 60.5 Å². The maximum Gasteiger partial charge on any atom is 0.489 e. The Morgan fingerprint density at radius 1 is 0.829 bits per heavy atom. The Kier molecular flexibility index (Phi) is 5.97. The highest BCUT2D eigenvalue weighted by Gasteiger charge is 2.65. The minimum absolute atomic E-state index is 0.409. The molecule has 0 saturated carbocycles. The lowest BCUT2D eigenvalue weighted by atomic mass is 9.49. The van der Waals surface area contributed by atoms with E-state index in [1.807, 2.05) is 30.5 Å². The molecule has 0 aliphatic carbocycles. The molecule has 2 unspecified atom stereocenters. The van der Waals surface area contributed by atoms with E-state index in [9.17, 15) is 0 Å². The third-order valence-electron chi connectivity index (χ3n) is 8.45. The molecule has 8 heteroatoms. The summed E-state index contributed by atoms with van der Waals surface area (Å²) < 4.78 is 25.7. The molecule has 5 nitrogen and oxygen atoms in total. The van der Waals surface area contributed by atoms with Crippen molar-refractivity contribution in [1.29, 1.82) is 0 Å². The van der Waals surface area contributed by atoms with Crippen molar-refractivity contribution in [3.05, 3.63) is 59.2 Å². The van der Waals surface area contributed by atoms with Crippen molar-refractivity contribution in [2.45, 2.75) is 83.7 Å². The van der Waals surface area contributed by atoms with Gasteiger partial charge in [0.1, 0.15) is 0 Å². The van der Waals surface area contributed by atoms with Gasteiger partial charge in [0.05, 0.1) is 32.9 Å². The van der Waals surface area contributed by atoms with Crippen molar-refractivity contribution in [1.82, 2.24) is 4.98 Å². The van der Waals surface area contributed by atoms with Gasteiger partial charge in [-0.2, -0.15) is 0 Å². The fourth-order valence-corrected chi connectivity index (χ4v) is 5.55. The molecule has 0 amide bonds. The number of aromatic nitrogens is 1. The largest absolute Gasteiger partial charge is 0.489 e. The van der Waals surface area contributed by atoms with E-state index >= 15 is 0 Å². The molecule has 2 aromatic carbocycles. The molecule has 2 saturated heterocycles. The van der Waals surface area contributed by atoms with E-state index in [1.165, 1.54) is 0 Å². The summed E-state index contributed by atoms with van der Waals surface area (Å²) in [6, 6.07) is 14.6. The number of hydrogen-bond acceptors (Lipinski definition) is 4. The molecule has 35 heavy (non-hydrogen) atoms. The maximum atomic E-state index is 6.73. The number of H-pyrrole nitrogens is 1. The van der Waals surface area contributed by atoms with E-state index in [4.69, 9.17) is 30.2 Å². The maximum absolute atomic E-state index is 6.73. The zero-order valence-corrected chi connectivity index (χ0v) is 22.5. The quantitative estimate of drug-likeness (QED) is 0.404.